The molecule has 1 unspecified atom stereocenters. The zero-order chi connectivity index (χ0) is 16.8. The molecule has 0 fully saturated rings. The van der Waals surface area contributed by atoms with Crippen molar-refractivity contribution < 1.29 is 9.90 Å². The Labute approximate surface area is 135 Å². The Morgan fingerprint density at radius 1 is 1.26 bits per heavy atom. The normalized spacial score (nSPS) is 12.0. The van der Waals surface area contributed by atoms with Crippen molar-refractivity contribution in [3.63, 3.8) is 0 Å². The number of nitrogens with zero attached hydrogens (tertiary/aromatic N) is 3. The molecule has 1 aromatic carbocycles. The van der Waals surface area contributed by atoms with E-state index in [-0.39, 0.29) is 18.0 Å². The molecule has 0 saturated heterocycles. The topological polar surface area (TPSA) is 75.4 Å². The van der Waals surface area contributed by atoms with Gasteiger partial charge in [-0.3, -0.25) is 9.59 Å². The minimum absolute atomic E-state index is 0.115. The summed E-state index contributed by atoms with van der Waals surface area (Å²) >= 11 is 0. The summed E-state index contributed by atoms with van der Waals surface area (Å²) in [4.78, 5) is 25.6. The molecule has 23 heavy (non-hydrogen) atoms. The number of benzene rings is 1. The Morgan fingerprint density at radius 2 is 1.96 bits per heavy atom. The summed E-state index contributed by atoms with van der Waals surface area (Å²) in [7, 11) is 1.65. The van der Waals surface area contributed by atoms with E-state index in [0.717, 1.165) is 5.56 Å². The van der Waals surface area contributed by atoms with Crippen LogP contribution in [0.25, 0.3) is 11.3 Å². The van der Waals surface area contributed by atoms with Gasteiger partial charge in [0.05, 0.1) is 11.8 Å². The Hall–Kier alpha value is -2.47. The Bertz CT molecular complexity index is 711. The minimum Gasteiger partial charge on any atom is -0.393 e. The minimum atomic E-state index is -0.465. The van der Waals surface area contributed by atoms with Gasteiger partial charge in [0.15, 0.2) is 0 Å². The van der Waals surface area contributed by atoms with Gasteiger partial charge < -0.3 is 10.0 Å². The number of hydrogen-bond donors (Lipinski definition) is 1. The highest BCUT2D eigenvalue weighted by Crippen LogP contribution is 2.13. The highest BCUT2D eigenvalue weighted by Gasteiger charge is 2.12. The summed E-state index contributed by atoms with van der Waals surface area (Å²) in [6.45, 7) is 1.99. The van der Waals surface area contributed by atoms with Crippen molar-refractivity contribution in [3.8, 4) is 11.3 Å². The Balaban J connectivity index is 2.13. The lowest BCUT2D eigenvalue weighted by atomic mass is 10.1. The molecule has 1 amide bonds. The first kappa shape index (κ1) is 16.9. The van der Waals surface area contributed by atoms with Crippen LogP contribution in [0.4, 0.5) is 0 Å². The van der Waals surface area contributed by atoms with Crippen LogP contribution in [0, 0.1) is 0 Å². The summed E-state index contributed by atoms with van der Waals surface area (Å²) in [6.07, 6.45) is 0.0294. The van der Waals surface area contributed by atoms with Gasteiger partial charge in [0.25, 0.3) is 5.56 Å². The van der Waals surface area contributed by atoms with Crippen LogP contribution in [0.1, 0.15) is 13.3 Å². The fourth-order valence-corrected chi connectivity index (χ4v) is 2.08. The molecule has 0 saturated carbocycles. The third kappa shape index (κ3) is 4.75. The largest absolute Gasteiger partial charge is 0.393 e. The van der Waals surface area contributed by atoms with E-state index >= 15 is 0 Å². The first-order chi connectivity index (χ1) is 11.0. The molecule has 0 bridgehead atoms. The van der Waals surface area contributed by atoms with Crippen LogP contribution >= 0.6 is 0 Å². The summed E-state index contributed by atoms with van der Waals surface area (Å²) in [5.41, 5.74) is 1.21. The fraction of sp³-hybridized carbons (Fsp3) is 0.353. The van der Waals surface area contributed by atoms with Gasteiger partial charge >= 0.3 is 0 Å². The summed E-state index contributed by atoms with van der Waals surface area (Å²) in [5.74, 6) is -0.217. The van der Waals surface area contributed by atoms with Gasteiger partial charge in [0.2, 0.25) is 5.91 Å². The summed E-state index contributed by atoms with van der Waals surface area (Å²) < 4.78 is 1.17. The maximum absolute atomic E-state index is 12.2. The molecule has 1 N–H and O–H groups in total. The maximum atomic E-state index is 12.2. The molecule has 0 radical (unpaired) electrons. The molecule has 0 aliphatic heterocycles. The molecule has 0 aliphatic rings. The quantitative estimate of drug-likeness (QED) is 0.867. The van der Waals surface area contributed by atoms with Crippen molar-refractivity contribution in [2.24, 2.45) is 0 Å². The number of rotatable bonds is 6. The van der Waals surface area contributed by atoms with Crippen molar-refractivity contribution in [1.82, 2.24) is 14.7 Å². The molecule has 1 aromatic heterocycles. The maximum Gasteiger partial charge on any atom is 0.267 e. The number of aromatic nitrogens is 2. The van der Waals surface area contributed by atoms with Crippen molar-refractivity contribution in [3.05, 3.63) is 52.8 Å². The van der Waals surface area contributed by atoms with Crippen LogP contribution in [0.15, 0.2) is 47.3 Å². The van der Waals surface area contributed by atoms with Gasteiger partial charge in [-0.1, -0.05) is 30.3 Å². The third-order valence-corrected chi connectivity index (χ3v) is 3.53. The lowest BCUT2D eigenvalue weighted by Crippen LogP contribution is -2.36. The second-order valence-electron chi connectivity index (χ2n) is 5.53. The van der Waals surface area contributed by atoms with Crippen molar-refractivity contribution >= 4 is 5.91 Å². The number of carbonyl (C=O) groups excluding carboxylic acids is 1. The second kappa shape index (κ2) is 7.69. The molecular formula is C17H21N3O3. The van der Waals surface area contributed by atoms with Gasteiger partial charge in [-0.05, 0) is 19.4 Å². The van der Waals surface area contributed by atoms with E-state index < -0.39 is 6.10 Å². The molecule has 0 aliphatic carbocycles. The zero-order valence-corrected chi connectivity index (χ0v) is 13.3. The van der Waals surface area contributed by atoms with Crippen molar-refractivity contribution in [1.29, 1.82) is 0 Å². The first-order valence-electron chi connectivity index (χ1n) is 7.53. The standard InChI is InChI=1S/C17H21N3O3/c1-13(21)10-11-19(2)17(23)12-20-16(22)9-8-15(18-20)14-6-4-3-5-7-14/h3-9,13,21H,10-12H2,1-2H3. The van der Waals surface area contributed by atoms with Crippen LogP contribution in [0.2, 0.25) is 0 Å². The summed E-state index contributed by atoms with van der Waals surface area (Å²) in [6, 6.07) is 12.5. The number of hydrogen-bond acceptors (Lipinski definition) is 4. The third-order valence-electron chi connectivity index (χ3n) is 3.53. The van der Waals surface area contributed by atoms with Crippen molar-refractivity contribution in [2.45, 2.75) is 26.0 Å². The predicted octanol–water partition coefficient (Wildman–Crippen LogP) is 1.14. The number of aliphatic hydroxyl groups excluding tert-OH is 1. The van der Waals surface area contributed by atoms with Crippen LogP contribution < -0.4 is 5.56 Å². The lowest BCUT2D eigenvalue weighted by molar-refractivity contribution is -0.131. The van der Waals surface area contributed by atoms with E-state index in [4.69, 9.17) is 0 Å². The van der Waals surface area contributed by atoms with Gasteiger partial charge in [0.1, 0.15) is 6.54 Å². The predicted molar refractivity (Wildman–Crippen MR) is 87.9 cm³/mol. The van der Waals surface area contributed by atoms with Crippen LogP contribution in [-0.4, -0.2) is 45.4 Å². The van der Waals surface area contributed by atoms with Gasteiger partial charge in [0, 0.05) is 25.2 Å². The smallest absolute Gasteiger partial charge is 0.267 e. The van der Waals surface area contributed by atoms with E-state index in [0.29, 0.717) is 18.7 Å². The molecule has 122 valence electrons. The average molecular weight is 315 g/mol. The number of amides is 1. The van der Waals surface area contributed by atoms with Crippen LogP contribution in [0.3, 0.4) is 0 Å². The van der Waals surface area contributed by atoms with Crippen LogP contribution in [0.5, 0.6) is 0 Å². The van der Waals surface area contributed by atoms with Crippen LogP contribution in [-0.2, 0) is 11.3 Å². The molecule has 6 nitrogen and oxygen atoms in total. The van der Waals surface area contributed by atoms with E-state index in [1.54, 1.807) is 20.0 Å². The molecule has 0 spiro atoms. The van der Waals surface area contributed by atoms with E-state index in [9.17, 15) is 14.7 Å². The molecule has 6 heteroatoms. The molecule has 2 rings (SSSR count). The highest BCUT2D eigenvalue weighted by atomic mass is 16.3. The van der Waals surface area contributed by atoms with Gasteiger partial charge in [-0.2, -0.15) is 5.10 Å². The van der Waals surface area contributed by atoms with E-state index in [1.807, 2.05) is 30.3 Å². The average Bonchev–Trinajstić information content (AvgIpc) is 2.55. The monoisotopic (exact) mass is 315 g/mol. The SMILES string of the molecule is CC(O)CCN(C)C(=O)Cn1nc(-c2ccccc2)ccc1=O. The first-order valence-corrected chi connectivity index (χ1v) is 7.53. The van der Waals surface area contributed by atoms with E-state index in [2.05, 4.69) is 5.10 Å². The number of carbonyl (C=O) groups is 1. The Morgan fingerprint density at radius 3 is 2.61 bits per heavy atom. The number of aliphatic hydroxyl groups is 1. The molecule has 1 heterocycles. The molecule has 1 atom stereocenters. The Kier molecular flexibility index (Phi) is 5.65. The van der Waals surface area contributed by atoms with Gasteiger partial charge in [-0.15, -0.1) is 0 Å². The molecular weight excluding hydrogens is 294 g/mol. The van der Waals surface area contributed by atoms with Crippen molar-refractivity contribution in [2.75, 3.05) is 13.6 Å². The highest BCUT2D eigenvalue weighted by molar-refractivity contribution is 5.75. The molecule has 2 aromatic rings. The summed E-state index contributed by atoms with van der Waals surface area (Å²) in [5, 5.41) is 13.5. The van der Waals surface area contributed by atoms with E-state index in [1.165, 1.54) is 15.6 Å². The number of likely N-dealkylation sites (N-methyl/N-ethyl adjacent to an activating group) is 1. The lowest BCUT2D eigenvalue weighted by Gasteiger charge is -2.18. The van der Waals surface area contributed by atoms with Gasteiger partial charge in [-0.25, -0.2) is 4.68 Å². The fourth-order valence-electron chi connectivity index (χ4n) is 2.08. The zero-order valence-electron chi connectivity index (χ0n) is 13.3. The second-order valence-corrected chi connectivity index (χ2v) is 5.53.